The molecule has 0 saturated heterocycles. The summed E-state index contributed by atoms with van der Waals surface area (Å²) in [5.74, 6) is -0.275. The number of carbonyl (C=O) groups is 1. The van der Waals surface area contributed by atoms with Crippen molar-refractivity contribution in [2.45, 2.75) is 45.2 Å². The Labute approximate surface area is 182 Å². The number of rotatable bonds is 10. The van der Waals surface area contributed by atoms with Crippen LogP contribution in [0.25, 0.3) is 11.3 Å². The average molecular weight is 423 g/mol. The molecule has 0 spiro atoms. The second-order valence-corrected chi connectivity index (χ2v) is 7.95. The van der Waals surface area contributed by atoms with Crippen molar-refractivity contribution in [2.75, 3.05) is 13.2 Å². The van der Waals surface area contributed by atoms with E-state index in [0.717, 1.165) is 23.2 Å². The Morgan fingerprint density at radius 2 is 1.61 bits per heavy atom. The molecule has 2 aromatic carbocycles. The van der Waals surface area contributed by atoms with Crippen LogP contribution in [0.1, 0.15) is 37.0 Å². The molecule has 0 radical (unpaired) electrons. The quantitative estimate of drug-likeness (QED) is 0.466. The third-order valence-corrected chi connectivity index (χ3v) is 5.50. The molecule has 1 heterocycles. The highest BCUT2D eigenvalue weighted by Gasteiger charge is 2.29. The Hall–Kier alpha value is -3.03. The Morgan fingerprint density at radius 1 is 1.00 bits per heavy atom. The van der Waals surface area contributed by atoms with Gasteiger partial charge in [-0.1, -0.05) is 60.7 Å². The van der Waals surface area contributed by atoms with Crippen molar-refractivity contribution in [2.24, 2.45) is 0 Å². The highest BCUT2D eigenvalue weighted by Crippen LogP contribution is 2.20. The third-order valence-electron chi connectivity index (χ3n) is 5.50. The molecule has 0 aliphatic heterocycles. The van der Waals surface area contributed by atoms with Gasteiger partial charge in [0.05, 0.1) is 31.5 Å². The molecular weight excluding hydrogens is 392 g/mol. The Morgan fingerprint density at radius 3 is 2.19 bits per heavy atom. The summed E-state index contributed by atoms with van der Waals surface area (Å²) < 4.78 is 1.83. The molecular formula is C24H30N4O3. The van der Waals surface area contributed by atoms with Crippen LogP contribution < -0.4 is 5.32 Å². The molecule has 0 atom stereocenters. The molecule has 3 rings (SSSR count). The Kier molecular flexibility index (Phi) is 7.55. The van der Waals surface area contributed by atoms with Crippen molar-refractivity contribution in [1.82, 2.24) is 20.3 Å². The van der Waals surface area contributed by atoms with Crippen molar-refractivity contribution in [1.29, 1.82) is 0 Å². The lowest BCUT2D eigenvalue weighted by molar-refractivity contribution is -0.122. The summed E-state index contributed by atoms with van der Waals surface area (Å²) in [5, 5.41) is 30.5. The number of nitrogens with one attached hydrogen (secondary N) is 1. The molecule has 7 heteroatoms. The predicted octanol–water partition coefficient (Wildman–Crippen LogP) is 2.35. The third kappa shape index (κ3) is 5.99. The highest BCUT2D eigenvalue weighted by atomic mass is 16.3. The van der Waals surface area contributed by atoms with Gasteiger partial charge in [0.1, 0.15) is 5.69 Å². The Balaban J connectivity index is 1.63. The number of hydrogen-bond donors (Lipinski definition) is 3. The first-order valence-corrected chi connectivity index (χ1v) is 10.5. The first-order valence-electron chi connectivity index (χ1n) is 10.5. The number of nitrogens with zero attached hydrogens (tertiary/aromatic N) is 3. The van der Waals surface area contributed by atoms with Crippen LogP contribution >= 0.6 is 0 Å². The van der Waals surface area contributed by atoms with Gasteiger partial charge in [-0.3, -0.25) is 4.79 Å². The highest BCUT2D eigenvalue weighted by molar-refractivity contribution is 5.73. The minimum Gasteiger partial charge on any atom is -0.394 e. The molecule has 0 bridgehead atoms. The largest absolute Gasteiger partial charge is 0.394 e. The van der Waals surface area contributed by atoms with E-state index in [9.17, 15) is 15.0 Å². The summed E-state index contributed by atoms with van der Waals surface area (Å²) in [5.41, 5.74) is 4.30. The molecule has 7 nitrogen and oxygen atoms in total. The maximum atomic E-state index is 11.4. The maximum absolute atomic E-state index is 11.4. The topological polar surface area (TPSA) is 100 Å². The van der Waals surface area contributed by atoms with Gasteiger partial charge in [-0.05, 0) is 36.0 Å². The number of hydrogen-bond acceptors (Lipinski definition) is 5. The summed E-state index contributed by atoms with van der Waals surface area (Å²) in [6.07, 6.45) is 4.01. The molecule has 1 aromatic heterocycles. The zero-order valence-electron chi connectivity index (χ0n) is 18.1. The SMILES string of the molecule is CCc1ccc(Cn2cc(-c3ccc(CCC(CO)(CO)NC(C)=O)cc3)nn2)cc1. The van der Waals surface area contributed by atoms with Crippen molar-refractivity contribution in [3.8, 4) is 11.3 Å². The van der Waals surface area contributed by atoms with E-state index in [-0.39, 0.29) is 19.1 Å². The van der Waals surface area contributed by atoms with Gasteiger partial charge in [-0.2, -0.15) is 0 Å². The van der Waals surface area contributed by atoms with Crippen LogP contribution in [-0.2, 0) is 24.2 Å². The molecule has 0 saturated carbocycles. The summed E-state index contributed by atoms with van der Waals surface area (Å²) in [4.78, 5) is 11.4. The molecule has 0 unspecified atom stereocenters. The molecule has 0 aliphatic carbocycles. The first-order chi connectivity index (χ1) is 15.0. The minimum atomic E-state index is -1.01. The second kappa shape index (κ2) is 10.3. The van der Waals surface area contributed by atoms with E-state index in [1.807, 2.05) is 35.1 Å². The number of aliphatic hydroxyl groups excluding tert-OH is 2. The van der Waals surface area contributed by atoms with Crippen LogP contribution in [0.5, 0.6) is 0 Å². The molecule has 3 aromatic rings. The van der Waals surface area contributed by atoms with Crippen molar-refractivity contribution in [3.05, 3.63) is 71.4 Å². The van der Waals surface area contributed by atoms with Crippen LogP contribution in [0.3, 0.4) is 0 Å². The van der Waals surface area contributed by atoms with Crippen LogP contribution in [0.15, 0.2) is 54.7 Å². The Bertz CT molecular complexity index is 977. The first kappa shape index (κ1) is 22.7. The molecule has 164 valence electrons. The standard InChI is InChI=1S/C24H30N4O3/c1-3-19-4-6-21(7-5-19)14-28-15-23(26-27-28)22-10-8-20(9-11-22)12-13-24(16-29,17-30)25-18(2)31/h4-11,15,29-30H,3,12-14,16-17H2,1-2H3,(H,25,31). The molecule has 3 N–H and O–H groups in total. The maximum Gasteiger partial charge on any atom is 0.217 e. The van der Waals surface area contributed by atoms with E-state index in [4.69, 9.17) is 0 Å². The number of amides is 1. The van der Waals surface area contributed by atoms with Gasteiger partial charge in [0, 0.05) is 12.5 Å². The van der Waals surface area contributed by atoms with Gasteiger partial charge < -0.3 is 15.5 Å². The number of aliphatic hydroxyl groups is 2. The number of aryl methyl sites for hydroxylation is 2. The van der Waals surface area contributed by atoms with Crippen molar-refractivity contribution < 1.29 is 15.0 Å². The molecule has 31 heavy (non-hydrogen) atoms. The lowest BCUT2D eigenvalue weighted by Gasteiger charge is -2.30. The smallest absolute Gasteiger partial charge is 0.217 e. The van der Waals surface area contributed by atoms with Crippen molar-refractivity contribution in [3.63, 3.8) is 0 Å². The lowest BCUT2D eigenvalue weighted by Crippen LogP contribution is -2.53. The van der Waals surface area contributed by atoms with Crippen LogP contribution in [0.2, 0.25) is 0 Å². The van der Waals surface area contributed by atoms with E-state index in [0.29, 0.717) is 19.4 Å². The zero-order chi connectivity index (χ0) is 22.3. The van der Waals surface area contributed by atoms with Gasteiger partial charge >= 0.3 is 0 Å². The van der Waals surface area contributed by atoms with E-state index < -0.39 is 5.54 Å². The van der Waals surface area contributed by atoms with Crippen LogP contribution in [0, 0.1) is 0 Å². The number of aromatic nitrogens is 3. The zero-order valence-corrected chi connectivity index (χ0v) is 18.1. The van der Waals surface area contributed by atoms with E-state index >= 15 is 0 Å². The monoisotopic (exact) mass is 422 g/mol. The van der Waals surface area contributed by atoms with Gasteiger partial charge in [0.15, 0.2) is 0 Å². The summed E-state index contributed by atoms with van der Waals surface area (Å²) in [6, 6.07) is 16.5. The normalized spacial score (nSPS) is 11.5. The molecule has 0 fully saturated rings. The fourth-order valence-electron chi connectivity index (χ4n) is 3.52. The van der Waals surface area contributed by atoms with E-state index in [1.54, 1.807) is 0 Å². The van der Waals surface area contributed by atoms with Crippen LogP contribution in [0.4, 0.5) is 0 Å². The summed E-state index contributed by atoms with van der Waals surface area (Å²) >= 11 is 0. The predicted molar refractivity (Wildman–Crippen MR) is 119 cm³/mol. The number of carbonyl (C=O) groups excluding carboxylic acids is 1. The minimum absolute atomic E-state index is 0.275. The lowest BCUT2D eigenvalue weighted by atomic mass is 9.92. The van der Waals surface area contributed by atoms with Gasteiger partial charge in [-0.25, -0.2) is 4.68 Å². The fourth-order valence-corrected chi connectivity index (χ4v) is 3.52. The molecule has 0 aliphatic rings. The van der Waals surface area contributed by atoms with Crippen molar-refractivity contribution >= 4 is 5.91 Å². The van der Waals surface area contributed by atoms with E-state index in [2.05, 4.69) is 46.8 Å². The number of benzene rings is 2. The molecule has 1 amide bonds. The van der Waals surface area contributed by atoms with Gasteiger partial charge in [0.2, 0.25) is 5.91 Å². The summed E-state index contributed by atoms with van der Waals surface area (Å²) in [7, 11) is 0. The van der Waals surface area contributed by atoms with Gasteiger partial charge in [0.25, 0.3) is 0 Å². The average Bonchev–Trinajstić information content (AvgIpc) is 3.26. The van der Waals surface area contributed by atoms with Gasteiger partial charge in [-0.15, -0.1) is 5.10 Å². The second-order valence-electron chi connectivity index (χ2n) is 7.95. The van der Waals surface area contributed by atoms with E-state index in [1.165, 1.54) is 18.1 Å². The van der Waals surface area contributed by atoms with Crippen LogP contribution in [-0.4, -0.2) is 49.9 Å². The fraction of sp³-hybridized carbons (Fsp3) is 0.375. The summed E-state index contributed by atoms with van der Waals surface area (Å²) in [6.45, 7) is 3.56.